The molecule has 1 saturated heterocycles. The first-order valence-electron chi connectivity index (χ1n) is 8.25. The van der Waals surface area contributed by atoms with E-state index in [1.807, 2.05) is 46.8 Å². The van der Waals surface area contributed by atoms with Gasteiger partial charge in [-0.3, -0.25) is 9.69 Å². The largest absolute Gasteiger partial charge is 0.444 e. The van der Waals surface area contributed by atoms with E-state index >= 15 is 0 Å². The Hall–Kier alpha value is -2.24. The highest BCUT2D eigenvalue weighted by atomic mass is 16.6. The van der Waals surface area contributed by atoms with Gasteiger partial charge in [-0.2, -0.15) is 0 Å². The van der Waals surface area contributed by atoms with Gasteiger partial charge in [0, 0.05) is 6.54 Å². The summed E-state index contributed by atoms with van der Waals surface area (Å²) in [6.07, 6.45) is 0.310. The molecule has 1 heterocycles. The predicted molar refractivity (Wildman–Crippen MR) is 94.7 cm³/mol. The quantitative estimate of drug-likeness (QED) is 0.814. The van der Waals surface area contributed by atoms with Crippen LogP contribution in [0, 0.1) is 12.8 Å². The fourth-order valence-electron chi connectivity index (χ4n) is 2.87. The SMILES string of the molecule is Cc1cccc(NC(=O)C2C(C)CCN2C(=O)OC(C)(C)C)c1N. The summed E-state index contributed by atoms with van der Waals surface area (Å²) in [6.45, 7) is 9.80. The lowest BCUT2D eigenvalue weighted by Gasteiger charge is -2.29. The number of benzene rings is 1. The monoisotopic (exact) mass is 333 g/mol. The molecule has 2 amide bonds. The van der Waals surface area contributed by atoms with Crippen LogP contribution in [0.3, 0.4) is 0 Å². The molecule has 2 rings (SSSR count). The van der Waals surface area contributed by atoms with Gasteiger partial charge in [-0.25, -0.2) is 4.79 Å². The van der Waals surface area contributed by atoms with E-state index in [9.17, 15) is 9.59 Å². The number of ether oxygens (including phenoxy) is 1. The molecule has 0 saturated carbocycles. The topological polar surface area (TPSA) is 84.7 Å². The number of nitrogens with zero attached hydrogens (tertiary/aromatic N) is 1. The molecule has 2 unspecified atom stereocenters. The first-order valence-corrected chi connectivity index (χ1v) is 8.25. The van der Waals surface area contributed by atoms with Gasteiger partial charge >= 0.3 is 6.09 Å². The Balaban J connectivity index is 2.16. The first kappa shape index (κ1) is 18.1. The Morgan fingerprint density at radius 2 is 2.00 bits per heavy atom. The Bertz CT molecular complexity index is 637. The van der Waals surface area contributed by atoms with E-state index in [-0.39, 0.29) is 11.8 Å². The summed E-state index contributed by atoms with van der Waals surface area (Å²) in [6, 6.07) is 4.93. The lowest BCUT2D eigenvalue weighted by atomic mass is 10.0. The second kappa shape index (κ2) is 6.71. The molecule has 0 bridgehead atoms. The molecule has 3 N–H and O–H groups in total. The van der Waals surface area contributed by atoms with Crippen molar-refractivity contribution in [1.29, 1.82) is 0 Å². The zero-order valence-electron chi connectivity index (χ0n) is 15.1. The van der Waals surface area contributed by atoms with Crippen molar-refractivity contribution in [3.05, 3.63) is 23.8 Å². The van der Waals surface area contributed by atoms with Gasteiger partial charge in [-0.1, -0.05) is 19.1 Å². The van der Waals surface area contributed by atoms with Crippen molar-refractivity contribution >= 4 is 23.4 Å². The summed E-state index contributed by atoms with van der Waals surface area (Å²) in [5.41, 5.74) is 7.44. The van der Waals surface area contributed by atoms with Gasteiger partial charge in [0.1, 0.15) is 11.6 Å². The molecule has 1 aromatic carbocycles. The van der Waals surface area contributed by atoms with E-state index < -0.39 is 17.7 Å². The standard InChI is InChI=1S/C18H27N3O3/c1-11-7-6-8-13(14(11)19)20-16(22)15-12(2)9-10-21(15)17(23)24-18(3,4)5/h6-8,12,15H,9-10,19H2,1-5H3,(H,20,22). The normalized spacial score (nSPS) is 20.8. The molecule has 0 aromatic heterocycles. The Labute approximate surface area is 143 Å². The number of nitrogens with one attached hydrogen (secondary N) is 1. The number of carbonyl (C=O) groups is 2. The highest BCUT2D eigenvalue weighted by Gasteiger charge is 2.41. The fourth-order valence-corrected chi connectivity index (χ4v) is 2.87. The number of carbonyl (C=O) groups excluding carboxylic acids is 2. The van der Waals surface area contributed by atoms with Crippen molar-refractivity contribution < 1.29 is 14.3 Å². The van der Waals surface area contributed by atoms with Gasteiger partial charge in [0.15, 0.2) is 0 Å². The molecule has 24 heavy (non-hydrogen) atoms. The van der Waals surface area contributed by atoms with Crippen molar-refractivity contribution in [1.82, 2.24) is 4.90 Å². The predicted octanol–water partition coefficient (Wildman–Crippen LogP) is 3.16. The number of hydrogen-bond acceptors (Lipinski definition) is 4. The van der Waals surface area contributed by atoms with Crippen LogP contribution in [0.5, 0.6) is 0 Å². The maximum Gasteiger partial charge on any atom is 0.410 e. The van der Waals surface area contributed by atoms with Crippen LogP contribution in [0.15, 0.2) is 18.2 Å². The molecule has 1 aromatic rings. The molecule has 1 aliphatic rings. The lowest BCUT2D eigenvalue weighted by molar-refractivity contribution is -0.121. The second-order valence-corrected chi connectivity index (χ2v) is 7.41. The lowest BCUT2D eigenvalue weighted by Crippen LogP contribution is -2.47. The number of likely N-dealkylation sites (tertiary alicyclic amines) is 1. The van der Waals surface area contributed by atoms with Gasteiger partial charge in [0.05, 0.1) is 11.4 Å². The minimum absolute atomic E-state index is 0.0588. The highest BCUT2D eigenvalue weighted by molar-refractivity contribution is 5.99. The van der Waals surface area contributed by atoms with Gasteiger partial charge in [0.25, 0.3) is 0 Å². The van der Waals surface area contributed by atoms with Crippen molar-refractivity contribution in [2.75, 3.05) is 17.6 Å². The third-order valence-corrected chi connectivity index (χ3v) is 4.18. The minimum atomic E-state index is -0.592. The van der Waals surface area contributed by atoms with Gasteiger partial charge in [0.2, 0.25) is 5.91 Å². The van der Waals surface area contributed by atoms with Crippen molar-refractivity contribution in [2.45, 2.75) is 52.7 Å². The van der Waals surface area contributed by atoms with E-state index in [1.165, 1.54) is 4.90 Å². The molecule has 1 fully saturated rings. The van der Waals surface area contributed by atoms with Crippen LogP contribution >= 0.6 is 0 Å². The van der Waals surface area contributed by atoms with Crippen molar-refractivity contribution in [3.8, 4) is 0 Å². The number of amides is 2. The summed E-state index contributed by atoms with van der Waals surface area (Å²) in [5.74, 6) is -0.174. The zero-order valence-corrected chi connectivity index (χ0v) is 15.1. The summed E-state index contributed by atoms with van der Waals surface area (Å²) in [7, 11) is 0. The number of nitrogen functional groups attached to an aromatic ring is 1. The summed E-state index contributed by atoms with van der Waals surface area (Å²) >= 11 is 0. The highest BCUT2D eigenvalue weighted by Crippen LogP contribution is 2.28. The van der Waals surface area contributed by atoms with Crippen LogP contribution in [0.2, 0.25) is 0 Å². The van der Waals surface area contributed by atoms with Gasteiger partial charge in [-0.15, -0.1) is 0 Å². The van der Waals surface area contributed by atoms with Crippen LogP contribution in [0.4, 0.5) is 16.2 Å². The molecular formula is C18H27N3O3. The summed E-state index contributed by atoms with van der Waals surface area (Å²) in [5, 5.41) is 2.86. The van der Waals surface area contributed by atoms with Gasteiger partial charge < -0.3 is 15.8 Å². The van der Waals surface area contributed by atoms with Crippen molar-refractivity contribution in [3.63, 3.8) is 0 Å². The molecule has 0 radical (unpaired) electrons. The number of rotatable bonds is 2. The molecular weight excluding hydrogens is 306 g/mol. The zero-order chi connectivity index (χ0) is 18.1. The molecule has 132 valence electrons. The molecule has 6 nitrogen and oxygen atoms in total. The minimum Gasteiger partial charge on any atom is -0.444 e. The number of aryl methyl sites for hydroxylation is 1. The van der Waals surface area contributed by atoms with E-state index in [1.54, 1.807) is 6.07 Å². The Morgan fingerprint density at radius 3 is 2.62 bits per heavy atom. The van der Waals surface area contributed by atoms with Crippen LogP contribution in [0.1, 0.15) is 39.7 Å². The van der Waals surface area contributed by atoms with E-state index in [0.717, 1.165) is 12.0 Å². The summed E-state index contributed by atoms with van der Waals surface area (Å²) < 4.78 is 5.43. The number of anilines is 2. The van der Waals surface area contributed by atoms with Gasteiger partial charge in [-0.05, 0) is 51.7 Å². The van der Waals surface area contributed by atoms with Crippen LogP contribution in [-0.2, 0) is 9.53 Å². The van der Waals surface area contributed by atoms with E-state index in [0.29, 0.717) is 17.9 Å². The maximum absolute atomic E-state index is 12.8. The third-order valence-electron chi connectivity index (χ3n) is 4.18. The van der Waals surface area contributed by atoms with Crippen LogP contribution in [-0.4, -0.2) is 35.1 Å². The average molecular weight is 333 g/mol. The molecule has 0 spiro atoms. The number of para-hydroxylation sites is 1. The Kier molecular flexibility index (Phi) is 5.06. The smallest absolute Gasteiger partial charge is 0.410 e. The van der Waals surface area contributed by atoms with Crippen LogP contribution < -0.4 is 11.1 Å². The number of hydrogen-bond donors (Lipinski definition) is 2. The van der Waals surface area contributed by atoms with E-state index in [4.69, 9.17) is 10.5 Å². The second-order valence-electron chi connectivity index (χ2n) is 7.41. The average Bonchev–Trinajstić information content (AvgIpc) is 2.84. The molecule has 0 aliphatic carbocycles. The van der Waals surface area contributed by atoms with E-state index in [2.05, 4.69) is 5.32 Å². The third kappa shape index (κ3) is 3.99. The molecule has 6 heteroatoms. The fraction of sp³-hybridized carbons (Fsp3) is 0.556. The molecule has 2 atom stereocenters. The Morgan fingerprint density at radius 1 is 1.33 bits per heavy atom. The van der Waals surface area contributed by atoms with Crippen molar-refractivity contribution in [2.24, 2.45) is 5.92 Å². The molecule has 1 aliphatic heterocycles. The maximum atomic E-state index is 12.8. The first-order chi connectivity index (χ1) is 11.1. The summed E-state index contributed by atoms with van der Waals surface area (Å²) in [4.78, 5) is 26.7. The number of nitrogens with two attached hydrogens (primary N) is 1. The van der Waals surface area contributed by atoms with Crippen LogP contribution in [0.25, 0.3) is 0 Å².